The second kappa shape index (κ2) is 6.17. The molecule has 0 fully saturated rings. The molecule has 90 valence electrons. The van der Waals surface area contributed by atoms with E-state index in [2.05, 4.69) is 10.3 Å². The Bertz CT molecular complexity index is 331. The van der Waals surface area contributed by atoms with Crippen molar-refractivity contribution < 1.29 is 9.47 Å². The number of hydrogen-bond donors (Lipinski definition) is 2. The number of ether oxygens (including phenoxy) is 2. The summed E-state index contributed by atoms with van der Waals surface area (Å²) in [6, 6.07) is 3.65. The molecule has 0 amide bonds. The average molecular weight is 225 g/mol. The molecule has 5 heteroatoms. The molecule has 0 aliphatic heterocycles. The third kappa shape index (κ3) is 3.58. The third-order valence-electron chi connectivity index (χ3n) is 2.07. The summed E-state index contributed by atoms with van der Waals surface area (Å²) in [6.45, 7) is 5.29. The molecule has 0 aliphatic carbocycles. The van der Waals surface area contributed by atoms with Crippen LogP contribution < -0.4 is 15.8 Å². The Hall–Kier alpha value is -1.49. The highest BCUT2D eigenvalue weighted by atomic mass is 16.5. The first-order valence-electron chi connectivity index (χ1n) is 5.32. The molecule has 0 bridgehead atoms. The zero-order valence-electron chi connectivity index (χ0n) is 9.99. The van der Waals surface area contributed by atoms with Crippen molar-refractivity contribution in [2.45, 2.75) is 19.9 Å². The van der Waals surface area contributed by atoms with E-state index in [1.807, 2.05) is 13.8 Å². The molecule has 1 heterocycles. The van der Waals surface area contributed by atoms with Crippen LogP contribution in [0.3, 0.4) is 0 Å². The van der Waals surface area contributed by atoms with Gasteiger partial charge in [0.15, 0.2) is 5.82 Å². The van der Waals surface area contributed by atoms with Gasteiger partial charge in [0, 0.05) is 18.7 Å². The van der Waals surface area contributed by atoms with Crippen LogP contribution in [0.2, 0.25) is 0 Å². The summed E-state index contributed by atoms with van der Waals surface area (Å²) in [5, 5.41) is 3.18. The maximum absolute atomic E-state index is 5.80. The van der Waals surface area contributed by atoms with Gasteiger partial charge in [0.05, 0.1) is 19.4 Å². The van der Waals surface area contributed by atoms with Gasteiger partial charge in [0.1, 0.15) is 0 Å². The van der Waals surface area contributed by atoms with E-state index in [0.717, 1.165) is 0 Å². The van der Waals surface area contributed by atoms with Gasteiger partial charge in [-0.1, -0.05) is 0 Å². The molecule has 1 aromatic heterocycles. The number of rotatable bonds is 6. The number of anilines is 2. The van der Waals surface area contributed by atoms with E-state index in [-0.39, 0.29) is 6.04 Å². The fourth-order valence-electron chi connectivity index (χ4n) is 1.25. The van der Waals surface area contributed by atoms with Crippen molar-refractivity contribution in [3.8, 4) is 5.88 Å². The van der Waals surface area contributed by atoms with Crippen molar-refractivity contribution >= 4 is 11.5 Å². The van der Waals surface area contributed by atoms with E-state index in [4.69, 9.17) is 15.2 Å². The molecule has 0 aliphatic rings. The monoisotopic (exact) mass is 225 g/mol. The Morgan fingerprint density at radius 3 is 2.88 bits per heavy atom. The van der Waals surface area contributed by atoms with Gasteiger partial charge in [-0.05, 0) is 19.9 Å². The summed E-state index contributed by atoms with van der Waals surface area (Å²) in [7, 11) is 1.58. The smallest absolute Gasteiger partial charge is 0.215 e. The Morgan fingerprint density at radius 2 is 2.25 bits per heavy atom. The summed E-state index contributed by atoms with van der Waals surface area (Å²) in [5.41, 5.74) is 6.40. The van der Waals surface area contributed by atoms with Gasteiger partial charge >= 0.3 is 0 Å². The summed E-state index contributed by atoms with van der Waals surface area (Å²) >= 11 is 0. The van der Waals surface area contributed by atoms with Crippen LogP contribution in [0.15, 0.2) is 12.1 Å². The van der Waals surface area contributed by atoms with Gasteiger partial charge in [0.2, 0.25) is 5.88 Å². The van der Waals surface area contributed by atoms with E-state index in [1.54, 1.807) is 19.2 Å². The number of nitrogens with one attached hydrogen (secondary N) is 1. The van der Waals surface area contributed by atoms with Crippen molar-refractivity contribution in [3.05, 3.63) is 12.1 Å². The summed E-state index contributed by atoms with van der Waals surface area (Å²) < 4.78 is 10.3. The minimum atomic E-state index is 0.154. The minimum Gasteiger partial charge on any atom is -0.481 e. The minimum absolute atomic E-state index is 0.154. The maximum Gasteiger partial charge on any atom is 0.215 e. The van der Waals surface area contributed by atoms with E-state index < -0.39 is 0 Å². The van der Waals surface area contributed by atoms with Crippen molar-refractivity contribution in [1.29, 1.82) is 0 Å². The normalized spacial score (nSPS) is 12.2. The van der Waals surface area contributed by atoms with Crippen LogP contribution in [0, 0.1) is 0 Å². The molecule has 0 aromatic carbocycles. The zero-order chi connectivity index (χ0) is 12.0. The number of aromatic nitrogens is 1. The fraction of sp³-hybridized carbons (Fsp3) is 0.545. The van der Waals surface area contributed by atoms with Gasteiger partial charge in [-0.15, -0.1) is 0 Å². The number of nitrogens with zero attached hydrogens (tertiary/aromatic N) is 1. The van der Waals surface area contributed by atoms with Gasteiger partial charge in [-0.25, -0.2) is 0 Å². The van der Waals surface area contributed by atoms with E-state index >= 15 is 0 Å². The molecule has 1 rings (SSSR count). The highest BCUT2D eigenvalue weighted by molar-refractivity contribution is 5.62. The van der Waals surface area contributed by atoms with Crippen LogP contribution >= 0.6 is 0 Å². The van der Waals surface area contributed by atoms with Crippen molar-refractivity contribution in [2.75, 3.05) is 31.4 Å². The summed E-state index contributed by atoms with van der Waals surface area (Å²) in [4.78, 5) is 4.22. The van der Waals surface area contributed by atoms with Gasteiger partial charge < -0.3 is 20.5 Å². The highest BCUT2D eigenvalue weighted by Crippen LogP contribution is 2.20. The van der Waals surface area contributed by atoms with Gasteiger partial charge in [0.25, 0.3) is 0 Å². The van der Waals surface area contributed by atoms with Crippen LogP contribution in [0.5, 0.6) is 5.88 Å². The highest BCUT2D eigenvalue weighted by Gasteiger charge is 2.07. The molecule has 1 unspecified atom stereocenters. The molecule has 5 nitrogen and oxygen atoms in total. The lowest BCUT2D eigenvalue weighted by molar-refractivity contribution is 0.141. The van der Waals surface area contributed by atoms with E-state index in [0.29, 0.717) is 30.6 Å². The zero-order valence-corrected chi connectivity index (χ0v) is 9.99. The SMILES string of the molecule is CCOCC(C)Nc1nc(OC)ccc1N. The molecule has 0 spiro atoms. The van der Waals surface area contributed by atoms with Crippen LogP contribution in [-0.4, -0.2) is 31.3 Å². The number of hydrogen-bond acceptors (Lipinski definition) is 5. The molecular formula is C11H19N3O2. The third-order valence-corrected chi connectivity index (χ3v) is 2.07. The number of nitrogens with two attached hydrogens (primary N) is 1. The molecule has 3 N–H and O–H groups in total. The van der Waals surface area contributed by atoms with E-state index in [9.17, 15) is 0 Å². The second-order valence-corrected chi connectivity index (χ2v) is 3.50. The topological polar surface area (TPSA) is 69.4 Å². The fourth-order valence-corrected chi connectivity index (χ4v) is 1.25. The lowest BCUT2D eigenvalue weighted by Crippen LogP contribution is -2.23. The molecule has 0 saturated carbocycles. The maximum atomic E-state index is 5.80. The largest absolute Gasteiger partial charge is 0.481 e. The lowest BCUT2D eigenvalue weighted by Gasteiger charge is -2.16. The first kappa shape index (κ1) is 12.6. The average Bonchev–Trinajstić information content (AvgIpc) is 2.29. The van der Waals surface area contributed by atoms with Crippen molar-refractivity contribution in [3.63, 3.8) is 0 Å². The predicted molar refractivity (Wildman–Crippen MR) is 64.8 cm³/mol. The first-order valence-corrected chi connectivity index (χ1v) is 5.32. The second-order valence-electron chi connectivity index (χ2n) is 3.50. The van der Waals surface area contributed by atoms with Crippen LogP contribution in [0.25, 0.3) is 0 Å². The van der Waals surface area contributed by atoms with Crippen LogP contribution in [0.4, 0.5) is 11.5 Å². The Balaban J connectivity index is 2.64. The number of nitrogen functional groups attached to an aromatic ring is 1. The summed E-state index contributed by atoms with van der Waals surface area (Å²) in [5.74, 6) is 1.17. The first-order chi connectivity index (χ1) is 7.67. The molecule has 1 aromatic rings. The lowest BCUT2D eigenvalue weighted by atomic mass is 10.3. The Kier molecular flexibility index (Phi) is 4.85. The van der Waals surface area contributed by atoms with Gasteiger partial charge in [-0.3, -0.25) is 0 Å². The van der Waals surface area contributed by atoms with Gasteiger partial charge in [-0.2, -0.15) is 4.98 Å². The molecule has 16 heavy (non-hydrogen) atoms. The summed E-state index contributed by atoms with van der Waals surface area (Å²) in [6.07, 6.45) is 0. The van der Waals surface area contributed by atoms with E-state index in [1.165, 1.54) is 0 Å². The van der Waals surface area contributed by atoms with Crippen LogP contribution in [-0.2, 0) is 4.74 Å². The molecular weight excluding hydrogens is 206 g/mol. The Morgan fingerprint density at radius 1 is 1.50 bits per heavy atom. The van der Waals surface area contributed by atoms with Crippen molar-refractivity contribution in [1.82, 2.24) is 4.98 Å². The number of pyridine rings is 1. The predicted octanol–water partition coefficient (Wildman–Crippen LogP) is 1.51. The quantitative estimate of drug-likeness (QED) is 0.768. The Labute approximate surface area is 96.0 Å². The number of methoxy groups -OCH3 is 1. The van der Waals surface area contributed by atoms with Crippen molar-refractivity contribution in [2.24, 2.45) is 0 Å². The van der Waals surface area contributed by atoms with Crippen LogP contribution in [0.1, 0.15) is 13.8 Å². The molecule has 1 atom stereocenters. The molecule has 0 radical (unpaired) electrons. The standard InChI is InChI=1S/C11H19N3O2/c1-4-16-7-8(2)13-11-9(12)5-6-10(14-11)15-3/h5-6,8H,4,7,12H2,1-3H3,(H,13,14). The molecule has 0 saturated heterocycles.